The fourth-order valence-corrected chi connectivity index (χ4v) is 2.08. The van der Waals surface area contributed by atoms with E-state index in [1.54, 1.807) is 19.1 Å². The minimum atomic E-state index is -4.33. The molecule has 0 aliphatic heterocycles. The average Bonchev–Trinajstić information content (AvgIpc) is 2.38. The molecule has 21 heavy (non-hydrogen) atoms. The average molecular weight is 316 g/mol. The van der Waals surface area contributed by atoms with E-state index in [2.05, 4.69) is 0 Å². The summed E-state index contributed by atoms with van der Waals surface area (Å²) in [5.41, 5.74) is 8.26. The molecular formula is C16H17ClF3N. The first kappa shape index (κ1) is 17.5. The summed E-state index contributed by atoms with van der Waals surface area (Å²) in [5.74, 6) is 0. The van der Waals surface area contributed by atoms with Crippen molar-refractivity contribution in [1.82, 2.24) is 0 Å². The fourth-order valence-electron chi connectivity index (χ4n) is 2.08. The van der Waals surface area contributed by atoms with Crippen LogP contribution in [0.4, 0.5) is 13.2 Å². The highest BCUT2D eigenvalue weighted by Crippen LogP contribution is 2.34. The van der Waals surface area contributed by atoms with E-state index in [1.165, 1.54) is 12.1 Å². The highest BCUT2D eigenvalue weighted by atomic mass is 35.5. The zero-order valence-electron chi connectivity index (χ0n) is 11.7. The van der Waals surface area contributed by atoms with Crippen molar-refractivity contribution in [2.24, 2.45) is 5.73 Å². The molecule has 5 heteroatoms. The number of hydrogen-bond acceptors (Lipinski definition) is 1. The molecule has 0 radical (unpaired) electrons. The molecule has 0 amide bonds. The van der Waals surface area contributed by atoms with Crippen LogP contribution in [-0.2, 0) is 6.18 Å². The van der Waals surface area contributed by atoms with Crippen molar-refractivity contribution < 1.29 is 13.2 Å². The molecule has 0 fully saturated rings. The van der Waals surface area contributed by atoms with Gasteiger partial charge in [-0.15, -0.1) is 12.4 Å². The van der Waals surface area contributed by atoms with Crippen LogP contribution >= 0.6 is 12.4 Å². The van der Waals surface area contributed by atoms with Crippen molar-refractivity contribution in [2.45, 2.75) is 26.1 Å². The second kappa shape index (κ2) is 6.50. The molecule has 1 atom stereocenters. The molecule has 0 saturated heterocycles. The quantitative estimate of drug-likeness (QED) is 0.817. The summed E-state index contributed by atoms with van der Waals surface area (Å²) in [6.07, 6.45) is -4.33. The second-order valence-corrected chi connectivity index (χ2v) is 4.94. The van der Waals surface area contributed by atoms with E-state index in [9.17, 15) is 13.2 Å². The summed E-state index contributed by atoms with van der Waals surface area (Å²) in [4.78, 5) is 0. The standard InChI is InChI=1S/C16H16F3N.ClH/c1-10-3-8-14(16(17,18)19)9-15(10)13-6-4-12(5-7-13)11(2)20;/h3-9,11H,20H2,1-2H3;1H. The summed E-state index contributed by atoms with van der Waals surface area (Å²) in [7, 11) is 0. The Morgan fingerprint density at radius 1 is 1.00 bits per heavy atom. The number of aryl methyl sites for hydroxylation is 1. The van der Waals surface area contributed by atoms with E-state index in [0.29, 0.717) is 5.56 Å². The smallest absolute Gasteiger partial charge is 0.324 e. The van der Waals surface area contributed by atoms with Gasteiger partial charge in [0.1, 0.15) is 0 Å². The molecule has 114 valence electrons. The molecule has 2 aromatic carbocycles. The SMILES string of the molecule is Cc1ccc(C(F)(F)F)cc1-c1ccc(C(C)N)cc1.Cl. The van der Waals surface area contributed by atoms with Gasteiger partial charge in [-0.3, -0.25) is 0 Å². The van der Waals surface area contributed by atoms with Gasteiger partial charge in [-0.25, -0.2) is 0 Å². The van der Waals surface area contributed by atoms with Gasteiger partial charge >= 0.3 is 6.18 Å². The summed E-state index contributed by atoms with van der Waals surface area (Å²) < 4.78 is 38.3. The van der Waals surface area contributed by atoms with E-state index >= 15 is 0 Å². The molecule has 2 N–H and O–H groups in total. The summed E-state index contributed by atoms with van der Waals surface area (Å²) >= 11 is 0. The lowest BCUT2D eigenvalue weighted by Crippen LogP contribution is -2.05. The molecule has 0 spiro atoms. The zero-order chi connectivity index (χ0) is 14.9. The number of nitrogens with two attached hydrogens (primary N) is 1. The number of halogens is 4. The van der Waals surface area contributed by atoms with Gasteiger partial charge in [0.25, 0.3) is 0 Å². The lowest BCUT2D eigenvalue weighted by molar-refractivity contribution is -0.137. The van der Waals surface area contributed by atoms with Crippen LogP contribution in [0, 0.1) is 6.92 Å². The van der Waals surface area contributed by atoms with Gasteiger partial charge < -0.3 is 5.73 Å². The van der Waals surface area contributed by atoms with Gasteiger partial charge in [-0.2, -0.15) is 13.2 Å². The van der Waals surface area contributed by atoms with E-state index in [4.69, 9.17) is 5.73 Å². The number of alkyl halides is 3. The highest BCUT2D eigenvalue weighted by Gasteiger charge is 2.30. The van der Waals surface area contributed by atoms with Gasteiger partial charge in [-0.1, -0.05) is 30.3 Å². The zero-order valence-corrected chi connectivity index (χ0v) is 12.6. The van der Waals surface area contributed by atoms with E-state index in [1.807, 2.05) is 19.1 Å². The predicted octanol–water partition coefficient (Wildman–Crippen LogP) is 5.12. The Hall–Kier alpha value is -1.52. The first-order valence-electron chi connectivity index (χ1n) is 6.33. The summed E-state index contributed by atoms with van der Waals surface area (Å²) in [6, 6.07) is 11.0. The van der Waals surface area contributed by atoms with Crippen LogP contribution in [0.15, 0.2) is 42.5 Å². The van der Waals surface area contributed by atoms with Crippen LogP contribution in [0.25, 0.3) is 11.1 Å². The maximum absolute atomic E-state index is 12.8. The lowest BCUT2D eigenvalue weighted by atomic mass is 9.96. The Morgan fingerprint density at radius 2 is 1.57 bits per heavy atom. The van der Waals surface area contributed by atoms with Crippen molar-refractivity contribution >= 4 is 12.4 Å². The molecule has 0 aliphatic carbocycles. The van der Waals surface area contributed by atoms with Crippen molar-refractivity contribution in [3.63, 3.8) is 0 Å². The molecule has 1 unspecified atom stereocenters. The molecule has 0 aromatic heterocycles. The largest absolute Gasteiger partial charge is 0.416 e. The Morgan fingerprint density at radius 3 is 2.05 bits per heavy atom. The maximum Gasteiger partial charge on any atom is 0.416 e. The molecular weight excluding hydrogens is 299 g/mol. The van der Waals surface area contributed by atoms with Crippen LogP contribution in [0.1, 0.15) is 29.7 Å². The first-order valence-corrected chi connectivity index (χ1v) is 6.33. The molecule has 0 heterocycles. The van der Waals surface area contributed by atoms with Crippen LogP contribution in [0.5, 0.6) is 0 Å². The molecule has 0 bridgehead atoms. The molecule has 1 nitrogen and oxygen atoms in total. The van der Waals surface area contributed by atoms with Gasteiger partial charge in [-0.05, 0) is 48.2 Å². The van der Waals surface area contributed by atoms with E-state index in [0.717, 1.165) is 22.8 Å². The Bertz CT molecular complexity index is 604. The minimum Gasteiger partial charge on any atom is -0.324 e. The fraction of sp³-hybridized carbons (Fsp3) is 0.250. The van der Waals surface area contributed by atoms with E-state index < -0.39 is 11.7 Å². The molecule has 0 aliphatic rings. The number of benzene rings is 2. The van der Waals surface area contributed by atoms with Crippen molar-refractivity contribution in [3.05, 3.63) is 59.2 Å². The second-order valence-electron chi connectivity index (χ2n) is 4.94. The monoisotopic (exact) mass is 315 g/mol. The predicted molar refractivity (Wildman–Crippen MR) is 81.5 cm³/mol. The lowest BCUT2D eigenvalue weighted by Gasteiger charge is -2.13. The minimum absolute atomic E-state index is 0. The van der Waals surface area contributed by atoms with Crippen molar-refractivity contribution in [1.29, 1.82) is 0 Å². The third-order valence-corrected chi connectivity index (χ3v) is 3.31. The van der Waals surface area contributed by atoms with Crippen LogP contribution in [0.3, 0.4) is 0 Å². The normalized spacial score (nSPS) is 12.7. The number of rotatable bonds is 2. The molecule has 0 saturated carbocycles. The highest BCUT2D eigenvalue weighted by molar-refractivity contribution is 5.85. The number of hydrogen-bond donors (Lipinski definition) is 1. The van der Waals surface area contributed by atoms with Crippen LogP contribution in [0.2, 0.25) is 0 Å². The Kier molecular flexibility index (Phi) is 5.42. The maximum atomic E-state index is 12.8. The van der Waals surface area contributed by atoms with Gasteiger partial charge in [0, 0.05) is 6.04 Å². The van der Waals surface area contributed by atoms with E-state index in [-0.39, 0.29) is 18.4 Å². The third-order valence-electron chi connectivity index (χ3n) is 3.31. The first-order chi connectivity index (χ1) is 9.29. The van der Waals surface area contributed by atoms with Crippen molar-refractivity contribution in [2.75, 3.05) is 0 Å². The van der Waals surface area contributed by atoms with Crippen LogP contribution < -0.4 is 5.73 Å². The summed E-state index contributed by atoms with van der Waals surface area (Å²) in [5, 5.41) is 0. The Labute approximate surface area is 128 Å². The Balaban J connectivity index is 0.00000220. The third kappa shape index (κ3) is 3.99. The van der Waals surface area contributed by atoms with Gasteiger partial charge in [0.05, 0.1) is 5.56 Å². The summed E-state index contributed by atoms with van der Waals surface area (Å²) in [6.45, 7) is 3.67. The van der Waals surface area contributed by atoms with Gasteiger partial charge in [0.2, 0.25) is 0 Å². The molecule has 2 aromatic rings. The van der Waals surface area contributed by atoms with Crippen LogP contribution in [-0.4, -0.2) is 0 Å². The van der Waals surface area contributed by atoms with Gasteiger partial charge in [0.15, 0.2) is 0 Å². The van der Waals surface area contributed by atoms with Crippen molar-refractivity contribution in [3.8, 4) is 11.1 Å². The topological polar surface area (TPSA) is 26.0 Å². The molecule has 2 rings (SSSR count).